The molecule has 2 aromatic rings. The third kappa shape index (κ3) is 5.16. The summed E-state index contributed by atoms with van der Waals surface area (Å²) in [4.78, 5) is 16.0. The van der Waals surface area contributed by atoms with Gasteiger partial charge in [-0.2, -0.15) is 5.10 Å². The fourth-order valence-corrected chi connectivity index (χ4v) is 3.58. The third-order valence-electron chi connectivity index (χ3n) is 4.51. The highest BCUT2D eigenvalue weighted by molar-refractivity contribution is 7.80. The molecule has 1 fully saturated rings. The predicted molar refractivity (Wildman–Crippen MR) is 118 cm³/mol. The van der Waals surface area contributed by atoms with E-state index in [9.17, 15) is 13.6 Å². The number of hydrogen-bond acceptors (Lipinski definition) is 4. The van der Waals surface area contributed by atoms with Crippen LogP contribution in [0.2, 0.25) is 10.0 Å². The Morgan fingerprint density at radius 2 is 1.83 bits per heavy atom. The van der Waals surface area contributed by atoms with E-state index >= 15 is 0 Å². The SMILES string of the molecule is NC(=S)NN=Cc1cc(F)c(N2CCN(C(=O)c3ccc(Cl)cc3Cl)CC2)cc1F. The summed E-state index contributed by atoms with van der Waals surface area (Å²) in [6, 6.07) is 6.81. The van der Waals surface area contributed by atoms with Crippen LogP contribution in [0.4, 0.5) is 14.5 Å². The Morgan fingerprint density at radius 1 is 1.13 bits per heavy atom. The Bertz CT molecular complexity index is 1010. The van der Waals surface area contributed by atoms with Crippen molar-refractivity contribution in [2.45, 2.75) is 0 Å². The standard InChI is InChI=1S/C19H17Cl2F2N5OS/c20-12-1-2-13(14(21)8-12)18(29)28-5-3-27(4-6-28)17-9-15(22)11(7-16(17)23)10-25-26-19(24)30/h1-2,7-10H,3-6H2,(H3,24,26,30). The predicted octanol–water partition coefficient (Wildman–Crippen LogP) is 3.40. The van der Waals surface area contributed by atoms with Crippen LogP contribution in [-0.2, 0) is 0 Å². The summed E-state index contributed by atoms with van der Waals surface area (Å²) in [6.07, 6.45) is 1.09. The van der Waals surface area contributed by atoms with Gasteiger partial charge in [0.2, 0.25) is 0 Å². The van der Waals surface area contributed by atoms with Gasteiger partial charge in [0.25, 0.3) is 5.91 Å². The number of hydrazone groups is 1. The Labute approximate surface area is 187 Å². The topological polar surface area (TPSA) is 74.0 Å². The van der Waals surface area contributed by atoms with E-state index in [-0.39, 0.29) is 27.3 Å². The average Bonchev–Trinajstić information content (AvgIpc) is 2.70. The lowest BCUT2D eigenvalue weighted by atomic mass is 10.1. The largest absolute Gasteiger partial charge is 0.375 e. The lowest BCUT2D eigenvalue weighted by Crippen LogP contribution is -2.49. The number of rotatable bonds is 4. The van der Waals surface area contributed by atoms with E-state index in [0.29, 0.717) is 36.8 Å². The second kappa shape index (κ2) is 9.55. The molecule has 0 unspecified atom stereocenters. The van der Waals surface area contributed by atoms with Crippen LogP contribution in [0.1, 0.15) is 15.9 Å². The fourth-order valence-electron chi connectivity index (χ4n) is 3.04. The van der Waals surface area contributed by atoms with Crippen molar-refractivity contribution in [3.8, 4) is 0 Å². The maximum absolute atomic E-state index is 14.6. The number of benzene rings is 2. The number of carbonyl (C=O) groups is 1. The molecule has 0 radical (unpaired) electrons. The summed E-state index contributed by atoms with van der Waals surface area (Å²) < 4.78 is 28.9. The summed E-state index contributed by atoms with van der Waals surface area (Å²) in [5, 5.41) is 4.25. The van der Waals surface area contributed by atoms with E-state index in [2.05, 4.69) is 22.7 Å². The monoisotopic (exact) mass is 471 g/mol. The molecule has 3 N–H and O–H groups in total. The Hall–Kier alpha value is -2.49. The van der Waals surface area contributed by atoms with Crippen LogP contribution in [-0.4, -0.2) is 48.3 Å². The number of nitrogens with two attached hydrogens (primary N) is 1. The number of carbonyl (C=O) groups excluding carboxylic acids is 1. The van der Waals surface area contributed by atoms with Gasteiger partial charge < -0.3 is 15.5 Å². The van der Waals surface area contributed by atoms with Crippen LogP contribution in [0.5, 0.6) is 0 Å². The highest BCUT2D eigenvalue weighted by atomic mass is 35.5. The summed E-state index contributed by atoms with van der Waals surface area (Å²) in [5.41, 5.74) is 7.91. The van der Waals surface area contributed by atoms with Gasteiger partial charge in [0, 0.05) is 42.8 Å². The third-order valence-corrected chi connectivity index (χ3v) is 5.15. The molecule has 1 amide bonds. The minimum absolute atomic E-state index is 0.0498. The van der Waals surface area contributed by atoms with Crippen LogP contribution in [0.3, 0.4) is 0 Å². The quantitative estimate of drug-likeness (QED) is 0.406. The van der Waals surface area contributed by atoms with E-state index in [0.717, 1.165) is 18.3 Å². The molecule has 11 heteroatoms. The molecular weight excluding hydrogens is 455 g/mol. The molecule has 1 saturated heterocycles. The first-order valence-electron chi connectivity index (χ1n) is 8.83. The van der Waals surface area contributed by atoms with Crippen molar-refractivity contribution < 1.29 is 13.6 Å². The molecule has 2 aromatic carbocycles. The number of amides is 1. The first-order chi connectivity index (χ1) is 14.3. The van der Waals surface area contributed by atoms with E-state index in [1.54, 1.807) is 21.9 Å². The average molecular weight is 472 g/mol. The zero-order valence-corrected chi connectivity index (χ0v) is 17.9. The van der Waals surface area contributed by atoms with Gasteiger partial charge in [0.05, 0.1) is 22.5 Å². The Kier molecular flexibility index (Phi) is 7.06. The van der Waals surface area contributed by atoms with E-state index in [4.69, 9.17) is 28.9 Å². The van der Waals surface area contributed by atoms with Crippen LogP contribution < -0.4 is 16.1 Å². The molecule has 6 nitrogen and oxygen atoms in total. The number of nitrogens with one attached hydrogen (secondary N) is 1. The molecule has 0 spiro atoms. The van der Waals surface area contributed by atoms with Crippen molar-refractivity contribution in [3.05, 3.63) is 63.1 Å². The number of thiocarbonyl (C=S) groups is 1. The Balaban J connectivity index is 1.68. The normalized spacial score (nSPS) is 14.3. The minimum atomic E-state index is -0.647. The van der Waals surface area contributed by atoms with Gasteiger partial charge in [-0.15, -0.1) is 0 Å². The number of anilines is 1. The van der Waals surface area contributed by atoms with Gasteiger partial charge in [0.1, 0.15) is 11.6 Å². The molecule has 1 heterocycles. The van der Waals surface area contributed by atoms with Gasteiger partial charge in [-0.3, -0.25) is 10.2 Å². The van der Waals surface area contributed by atoms with Gasteiger partial charge in [-0.1, -0.05) is 23.2 Å². The molecule has 3 rings (SSSR count). The molecule has 0 saturated carbocycles. The van der Waals surface area contributed by atoms with Crippen molar-refractivity contribution in [1.82, 2.24) is 10.3 Å². The highest BCUT2D eigenvalue weighted by Crippen LogP contribution is 2.26. The smallest absolute Gasteiger partial charge is 0.255 e. The van der Waals surface area contributed by atoms with Gasteiger partial charge in [0.15, 0.2) is 5.11 Å². The minimum Gasteiger partial charge on any atom is -0.375 e. The fraction of sp³-hybridized carbons (Fsp3) is 0.211. The maximum Gasteiger partial charge on any atom is 0.255 e. The van der Waals surface area contributed by atoms with Gasteiger partial charge in [-0.05, 0) is 36.5 Å². The van der Waals surface area contributed by atoms with Crippen LogP contribution in [0.15, 0.2) is 35.4 Å². The van der Waals surface area contributed by atoms with Gasteiger partial charge in [-0.25, -0.2) is 8.78 Å². The summed E-state index contributed by atoms with van der Waals surface area (Å²) in [7, 11) is 0. The number of hydrogen-bond donors (Lipinski definition) is 2. The molecule has 0 bridgehead atoms. The summed E-state index contributed by atoms with van der Waals surface area (Å²) in [5.74, 6) is -1.49. The number of halogens is 4. The van der Waals surface area contributed by atoms with Crippen molar-refractivity contribution >= 4 is 58.3 Å². The lowest BCUT2D eigenvalue weighted by molar-refractivity contribution is 0.0747. The van der Waals surface area contributed by atoms with E-state index in [1.807, 2.05) is 0 Å². The molecule has 1 aliphatic heterocycles. The second-order valence-electron chi connectivity index (χ2n) is 6.46. The highest BCUT2D eigenvalue weighted by Gasteiger charge is 2.25. The van der Waals surface area contributed by atoms with Crippen LogP contribution in [0.25, 0.3) is 0 Å². The first kappa shape index (κ1) is 22.2. The van der Waals surface area contributed by atoms with Crippen molar-refractivity contribution in [2.75, 3.05) is 31.1 Å². The molecule has 0 aromatic heterocycles. The molecular formula is C19H17Cl2F2N5OS. The van der Waals surface area contributed by atoms with Crippen LogP contribution >= 0.6 is 35.4 Å². The molecule has 158 valence electrons. The lowest BCUT2D eigenvalue weighted by Gasteiger charge is -2.36. The molecule has 30 heavy (non-hydrogen) atoms. The molecule has 0 aliphatic carbocycles. The summed E-state index contributed by atoms with van der Waals surface area (Å²) >= 11 is 16.6. The van der Waals surface area contributed by atoms with Gasteiger partial charge >= 0.3 is 0 Å². The van der Waals surface area contributed by atoms with E-state index < -0.39 is 11.6 Å². The second-order valence-corrected chi connectivity index (χ2v) is 7.75. The Morgan fingerprint density at radius 3 is 2.47 bits per heavy atom. The summed E-state index contributed by atoms with van der Waals surface area (Å²) in [6.45, 7) is 1.34. The molecule has 0 atom stereocenters. The maximum atomic E-state index is 14.6. The molecule has 1 aliphatic rings. The van der Waals surface area contributed by atoms with Crippen LogP contribution in [0, 0.1) is 11.6 Å². The zero-order valence-electron chi connectivity index (χ0n) is 15.5. The van der Waals surface area contributed by atoms with Crippen molar-refractivity contribution in [3.63, 3.8) is 0 Å². The van der Waals surface area contributed by atoms with E-state index in [1.165, 1.54) is 6.07 Å². The van der Waals surface area contributed by atoms with Crippen molar-refractivity contribution in [1.29, 1.82) is 0 Å². The number of nitrogens with zero attached hydrogens (tertiary/aromatic N) is 3. The van der Waals surface area contributed by atoms with Crippen molar-refractivity contribution in [2.24, 2.45) is 10.8 Å². The number of piperazine rings is 1. The first-order valence-corrected chi connectivity index (χ1v) is 9.99. The zero-order chi connectivity index (χ0) is 21.8.